The van der Waals surface area contributed by atoms with E-state index in [4.69, 9.17) is 0 Å². The molecule has 0 aliphatic rings. The SMILES string of the molecule is N#CC(=C(c1ccccc1)c1ccccc1)c1ccccc1. The van der Waals surface area contributed by atoms with Gasteiger partial charge in [0.05, 0.1) is 5.57 Å². The molecule has 0 atom stereocenters. The standard InChI is InChI=1S/C21H15N/c22-16-20(17-10-4-1-5-11-17)21(18-12-6-2-7-13-18)19-14-8-3-9-15-19/h1-15H. The fourth-order valence-electron chi connectivity index (χ4n) is 2.53. The topological polar surface area (TPSA) is 23.8 Å². The lowest BCUT2D eigenvalue weighted by Gasteiger charge is -2.12. The number of nitrogens with zero attached hydrogens (tertiary/aromatic N) is 1. The van der Waals surface area contributed by atoms with Gasteiger partial charge in [-0.1, -0.05) is 91.0 Å². The molecule has 0 radical (unpaired) electrons. The van der Waals surface area contributed by atoms with Crippen LogP contribution in [0.15, 0.2) is 91.0 Å². The van der Waals surface area contributed by atoms with E-state index in [1.165, 1.54) is 0 Å². The first-order valence-corrected chi connectivity index (χ1v) is 7.21. The van der Waals surface area contributed by atoms with Gasteiger partial charge in [-0.3, -0.25) is 0 Å². The number of hydrogen-bond acceptors (Lipinski definition) is 1. The number of rotatable bonds is 3. The molecule has 0 bridgehead atoms. The van der Waals surface area contributed by atoms with Gasteiger partial charge in [-0.15, -0.1) is 0 Å². The Morgan fingerprint density at radius 3 is 1.27 bits per heavy atom. The van der Waals surface area contributed by atoms with Gasteiger partial charge in [0.1, 0.15) is 6.07 Å². The molecule has 0 fully saturated rings. The molecule has 0 aromatic heterocycles. The van der Waals surface area contributed by atoms with Gasteiger partial charge in [0.2, 0.25) is 0 Å². The Hall–Kier alpha value is -3.11. The number of nitriles is 1. The van der Waals surface area contributed by atoms with E-state index in [9.17, 15) is 5.26 Å². The molecule has 1 heteroatoms. The van der Waals surface area contributed by atoms with Crippen molar-refractivity contribution in [2.45, 2.75) is 0 Å². The van der Waals surface area contributed by atoms with Crippen LogP contribution < -0.4 is 0 Å². The largest absolute Gasteiger partial charge is 0.192 e. The first-order valence-electron chi connectivity index (χ1n) is 7.21. The third-order valence-corrected chi connectivity index (χ3v) is 3.55. The highest BCUT2D eigenvalue weighted by Gasteiger charge is 2.13. The molecule has 0 amide bonds. The van der Waals surface area contributed by atoms with Gasteiger partial charge >= 0.3 is 0 Å². The molecule has 3 rings (SSSR count). The zero-order valence-electron chi connectivity index (χ0n) is 12.1. The Morgan fingerprint density at radius 2 is 0.909 bits per heavy atom. The van der Waals surface area contributed by atoms with Crippen LogP contribution in [0.1, 0.15) is 16.7 Å². The Bertz CT molecular complexity index is 769. The molecule has 104 valence electrons. The average molecular weight is 281 g/mol. The maximum atomic E-state index is 9.76. The predicted octanol–water partition coefficient (Wildman–Crippen LogP) is 5.17. The van der Waals surface area contributed by atoms with Crippen molar-refractivity contribution < 1.29 is 0 Å². The molecule has 3 aromatic carbocycles. The summed E-state index contributed by atoms with van der Waals surface area (Å²) in [6.45, 7) is 0. The van der Waals surface area contributed by atoms with Crippen LogP contribution >= 0.6 is 0 Å². The predicted molar refractivity (Wildman–Crippen MR) is 90.9 cm³/mol. The molecule has 0 aliphatic carbocycles. The van der Waals surface area contributed by atoms with E-state index < -0.39 is 0 Å². The van der Waals surface area contributed by atoms with Gasteiger partial charge in [-0.2, -0.15) is 5.26 Å². The van der Waals surface area contributed by atoms with Crippen molar-refractivity contribution in [3.8, 4) is 6.07 Å². The normalized spacial score (nSPS) is 9.77. The van der Waals surface area contributed by atoms with Crippen molar-refractivity contribution in [1.29, 1.82) is 5.26 Å². The molecule has 0 N–H and O–H groups in total. The molecule has 0 spiro atoms. The van der Waals surface area contributed by atoms with Gasteiger partial charge < -0.3 is 0 Å². The van der Waals surface area contributed by atoms with E-state index in [0.29, 0.717) is 5.57 Å². The summed E-state index contributed by atoms with van der Waals surface area (Å²) < 4.78 is 0. The van der Waals surface area contributed by atoms with Crippen molar-refractivity contribution in [2.24, 2.45) is 0 Å². The summed E-state index contributed by atoms with van der Waals surface area (Å²) in [6, 6.07) is 32.4. The summed E-state index contributed by atoms with van der Waals surface area (Å²) in [5.74, 6) is 0. The van der Waals surface area contributed by atoms with Gasteiger partial charge in [0.15, 0.2) is 0 Å². The maximum absolute atomic E-state index is 9.76. The first-order chi connectivity index (χ1) is 10.9. The molecule has 0 unspecified atom stereocenters. The molecule has 1 nitrogen and oxygen atoms in total. The Labute approximate surface area is 130 Å². The Balaban J connectivity index is 2.30. The highest BCUT2D eigenvalue weighted by Crippen LogP contribution is 2.31. The lowest BCUT2D eigenvalue weighted by atomic mass is 9.90. The summed E-state index contributed by atoms with van der Waals surface area (Å²) in [7, 11) is 0. The average Bonchev–Trinajstić information content (AvgIpc) is 2.62. The van der Waals surface area contributed by atoms with Gasteiger partial charge in [0.25, 0.3) is 0 Å². The van der Waals surface area contributed by atoms with Crippen LogP contribution in [0.4, 0.5) is 0 Å². The molecular weight excluding hydrogens is 266 g/mol. The summed E-state index contributed by atoms with van der Waals surface area (Å²) in [5, 5.41) is 9.76. The van der Waals surface area contributed by atoms with Crippen LogP contribution in [-0.2, 0) is 0 Å². The molecule has 3 aromatic rings. The minimum atomic E-state index is 0.693. The maximum Gasteiger partial charge on any atom is 0.100 e. The van der Waals surface area contributed by atoms with Crippen LogP contribution in [-0.4, -0.2) is 0 Å². The van der Waals surface area contributed by atoms with Gasteiger partial charge in [-0.05, 0) is 16.7 Å². The molecule has 0 saturated carbocycles. The van der Waals surface area contributed by atoms with Crippen LogP contribution in [0.25, 0.3) is 11.1 Å². The van der Waals surface area contributed by atoms with Crippen LogP contribution in [0.5, 0.6) is 0 Å². The third kappa shape index (κ3) is 2.82. The van der Waals surface area contributed by atoms with Crippen molar-refractivity contribution in [2.75, 3.05) is 0 Å². The van der Waals surface area contributed by atoms with Crippen LogP contribution in [0, 0.1) is 11.3 Å². The highest BCUT2D eigenvalue weighted by molar-refractivity contribution is 6.03. The summed E-state index contributed by atoms with van der Waals surface area (Å²) in [4.78, 5) is 0. The monoisotopic (exact) mass is 281 g/mol. The number of hydrogen-bond donors (Lipinski definition) is 0. The van der Waals surface area contributed by atoms with Crippen molar-refractivity contribution in [3.63, 3.8) is 0 Å². The number of allylic oxidation sites excluding steroid dienone is 1. The van der Waals surface area contributed by atoms with Gasteiger partial charge in [-0.25, -0.2) is 0 Å². The highest BCUT2D eigenvalue weighted by atomic mass is 14.3. The molecule has 0 aliphatic heterocycles. The minimum Gasteiger partial charge on any atom is -0.192 e. The third-order valence-electron chi connectivity index (χ3n) is 3.55. The Kier molecular flexibility index (Phi) is 4.13. The van der Waals surface area contributed by atoms with E-state index in [1.54, 1.807) is 0 Å². The summed E-state index contributed by atoms with van der Waals surface area (Å²) in [5.41, 5.74) is 4.70. The zero-order valence-corrected chi connectivity index (χ0v) is 12.1. The van der Waals surface area contributed by atoms with E-state index in [-0.39, 0.29) is 0 Å². The zero-order chi connectivity index (χ0) is 15.2. The van der Waals surface area contributed by atoms with E-state index in [1.807, 2.05) is 91.0 Å². The summed E-state index contributed by atoms with van der Waals surface area (Å²) in [6.07, 6.45) is 0. The lowest BCUT2D eigenvalue weighted by molar-refractivity contribution is 1.50. The smallest absolute Gasteiger partial charge is 0.100 e. The summed E-state index contributed by atoms with van der Waals surface area (Å²) >= 11 is 0. The second-order valence-electron chi connectivity index (χ2n) is 4.96. The number of benzene rings is 3. The van der Waals surface area contributed by atoms with Crippen molar-refractivity contribution in [3.05, 3.63) is 108 Å². The second kappa shape index (κ2) is 6.56. The van der Waals surface area contributed by atoms with E-state index >= 15 is 0 Å². The fourth-order valence-corrected chi connectivity index (χ4v) is 2.53. The molecule has 0 heterocycles. The fraction of sp³-hybridized carbons (Fsp3) is 0. The molecular formula is C21H15N. The van der Waals surface area contributed by atoms with Crippen LogP contribution in [0.3, 0.4) is 0 Å². The first kappa shape index (κ1) is 13.9. The van der Waals surface area contributed by atoms with E-state index in [2.05, 4.69) is 6.07 Å². The lowest BCUT2D eigenvalue weighted by Crippen LogP contribution is -1.93. The minimum absolute atomic E-state index is 0.693. The van der Waals surface area contributed by atoms with E-state index in [0.717, 1.165) is 22.3 Å². The van der Waals surface area contributed by atoms with Crippen LogP contribution in [0.2, 0.25) is 0 Å². The quantitative estimate of drug-likeness (QED) is 0.480. The van der Waals surface area contributed by atoms with Crippen molar-refractivity contribution in [1.82, 2.24) is 0 Å². The Morgan fingerprint density at radius 1 is 0.545 bits per heavy atom. The molecule has 22 heavy (non-hydrogen) atoms. The van der Waals surface area contributed by atoms with Crippen molar-refractivity contribution >= 4 is 11.1 Å². The van der Waals surface area contributed by atoms with Gasteiger partial charge in [0, 0.05) is 5.57 Å². The second-order valence-corrected chi connectivity index (χ2v) is 4.96. The molecule has 0 saturated heterocycles.